The Kier molecular flexibility index (Phi) is 4.32. The summed E-state index contributed by atoms with van der Waals surface area (Å²) in [6.45, 7) is 2.30. The van der Waals surface area contributed by atoms with Gasteiger partial charge in [0.2, 0.25) is 0 Å². The Hall–Kier alpha value is -0.610. The molecule has 2 saturated heterocycles. The van der Waals surface area contributed by atoms with Crippen LogP contribution < -0.4 is 10.6 Å². The fourth-order valence-corrected chi connectivity index (χ4v) is 4.77. The highest BCUT2D eigenvalue weighted by Crippen LogP contribution is 2.35. The molecule has 0 unspecified atom stereocenters. The number of carboxylic acids is 1. The number of hydrogen-bond acceptors (Lipinski definition) is 3. The molecule has 0 aromatic rings. The van der Waals surface area contributed by atoms with E-state index in [0.29, 0.717) is 12.0 Å². The van der Waals surface area contributed by atoms with Crippen LogP contribution in [0.4, 0.5) is 0 Å². The lowest BCUT2D eigenvalue weighted by molar-refractivity contribution is -0.139. The molecule has 20 heavy (non-hydrogen) atoms. The van der Waals surface area contributed by atoms with Crippen molar-refractivity contribution in [1.29, 1.82) is 0 Å². The molecule has 4 aliphatic rings. The maximum Gasteiger partial charge on any atom is 0.320 e. The van der Waals surface area contributed by atoms with Crippen LogP contribution in [0.25, 0.3) is 0 Å². The molecule has 0 radical (unpaired) electrons. The normalized spacial score (nSPS) is 45.6. The van der Waals surface area contributed by atoms with E-state index in [-0.39, 0.29) is 6.04 Å². The van der Waals surface area contributed by atoms with Crippen LogP contribution in [0.15, 0.2) is 0 Å². The van der Waals surface area contributed by atoms with Gasteiger partial charge in [0.15, 0.2) is 0 Å². The zero-order chi connectivity index (χ0) is 14.1. The van der Waals surface area contributed by atoms with Crippen molar-refractivity contribution >= 4 is 5.97 Å². The highest BCUT2D eigenvalue weighted by Gasteiger charge is 2.39. The van der Waals surface area contributed by atoms with Crippen molar-refractivity contribution < 1.29 is 9.90 Å². The number of rotatable bonds is 1. The topological polar surface area (TPSA) is 61.4 Å². The zero-order valence-corrected chi connectivity index (χ0v) is 12.5. The largest absolute Gasteiger partial charge is 0.480 e. The fourth-order valence-electron chi connectivity index (χ4n) is 4.77. The van der Waals surface area contributed by atoms with Crippen LogP contribution in [-0.4, -0.2) is 35.2 Å². The van der Waals surface area contributed by atoms with Crippen LogP contribution in [0.3, 0.4) is 0 Å². The molecule has 3 N–H and O–H groups in total. The lowest BCUT2D eigenvalue weighted by atomic mass is 10.0. The van der Waals surface area contributed by atoms with Gasteiger partial charge in [-0.15, -0.1) is 0 Å². The van der Waals surface area contributed by atoms with Gasteiger partial charge in [-0.25, -0.2) is 0 Å². The van der Waals surface area contributed by atoms with Crippen LogP contribution in [0, 0.1) is 11.8 Å². The minimum absolute atomic E-state index is 0.259. The maximum atomic E-state index is 10.6. The lowest BCUT2D eigenvalue weighted by Gasteiger charge is -2.07. The Bertz CT molecular complexity index is 336. The highest BCUT2D eigenvalue weighted by molar-refractivity contribution is 5.74. The summed E-state index contributed by atoms with van der Waals surface area (Å²) >= 11 is 0. The predicted molar refractivity (Wildman–Crippen MR) is 78.6 cm³/mol. The van der Waals surface area contributed by atoms with Crippen molar-refractivity contribution in [3.8, 4) is 0 Å². The van der Waals surface area contributed by atoms with Crippen molar-refractivity contribution in [3.63, 3.8) is 0 Å². The van der Waals surface area contributed by atoms with Gasteiger partial charge >= 0.3 is 5.97 Å². The van der Waals surface area contributed by atoms with E-state index in [1.807, 2.05) is 0 Å². The number of fused-ring (bicyclic) bond motifs is 2. The third-order valence-corrected chi connectivity index (χ3v) is 5.72. The molecular weight excluding hydrogens is 252 g/mol. The first-order valence-corrected chi connectivity index (χ1v) is 8.38. The zero-order valence-electron chi connectivity index (χ0n) is 12.5. The summed E-state index contributed by atoms with van der Waals surface area (Å²) in [5, 5.41) is 15.5. The minimum Gasteiger partial charge on any atom is -0.480 e. The average Bonchev–Trinajstić information content (AvgIpc) is 3.04. The molecule has 4 nitrogen and oxygen atoms in total. The number of hydrogen-bond donors (Lipinski definition) is 3. The van der Waals surface area contributed by atoms with Gasteiger partial charge in [-0.2, -0.15) is 0 Å². The molecule has 0 aromatic heterocycles. The van der Waals surface area contributed by atoms with Gasteiger partial charge in [-0.3, -0.25) is 4.79 Å². The van der Waals surface area contributed by atoms with Crippen LogP contribution in [0.2, 0.25) is 0 Å². The third kappa shape index (κ3) is 3.01. The molecule has 2 saturated carbocycles. The minimum atomic E-state index is -0.681. The van der Waals surface area contributed by atoms with E-state index in [2.05, 4.69) is 17.6 Å². The molecule has 2 heterocycles. The first-order chi connectivity index (χ1) is 9.63. The van der Waals surface area contributed by atoms with Crippen LogP contribution >= 0.6 is 0 Å². The van der Waals surface area contributed by atoms with Crippen molar-refractivity contribution in [1.82, 2.24) is 10.6 Å². The van der Waals surface area contributed by atoms with Gasteiger partial charge < -0.3 is 15.7 Å². The van der Waals surface area contributed by atoms with E-state index in [1.165, 1.54) is 44.9 Å². The van der Waals surface area contributed by atoms with Gasteiger partial charge in [0.25, 0.3) is 0 Å². The lowest BCUT2D eigenvalue weighted by Crippen LogP contribution is -2.34. The highest BCUT2D eigenvalue weighted by atomic mass is 16.4. The van der Waals surface area contributed by atoms with Crippen LogP contribution in [-0.2, 0) is 4.79 Å². The molecule has 0 bridgehead atoms. The molecule has 6 atom stereocenters. The van der Waals surface area contributed by atoms with Gasteiger partial charge in [0.1, 0.15) is 6.04 Å². The summed E-state index contributed by atoms with van der Waals surface area (Å²) < 4.78 is 0. The summed E-state index contributed by atoms with van der Waals surface area (Å²) in [4.78, 5) is 10.6. The number of carbonyl (C=O) groups is 1. The molecular formula is C16H28N2O2. The Balaban J connectivity index is 0.000000123. The first kappa shape index (κ1) is 14.3. The van der Waals surface area contributed by atoms with Crippen molar-refractivity contribution in [2.24, 2.45) is 11.8 Å². The quantitative estimate of drug-likeness (QED) is 0.688. The molecule has 2 aliphatic carbocycles. The van der Waals surface area contributed by atoms with Crippen LogP contribution in [0.5, 0.6) is 0 Å². The van der Waals surface area contributed by atoms with Crippen LogP contribution in [0.1, 0.15) is 58.3 Å². The summed E-state index contributed by atoms with van der Waals surface area (Å²) in [6, 6.07) is 1.96. The summed E-state index contributed by atoms with van der Waals surface area (Å²) in [6.07, 6.45) is 10.3. The van der Waals surface area contributed by atoms with E-state index in [0.717, 1.165) is 24.4 Å². The van der Waals surface area contributed by atoms with Gasteiger partial charge in [0.05, 0.1) is 0 Å². The molecule has 0 amide bonds. The van der Waals surface area contributed by atoms with Gasteiger partial charge in [-0.05, 0) is 57.3 Å². The molecule has 2 aliphatic heterocycles. The van der Waals surface area contributed by atoms with Crippen molar-refractivity contribution in [3.05, 3.63) is 0 Å². The third-order valence-electron chi connectivity index (χ3n) is 5.72. The molecule has 4 heteroatoms. The van der Waals surface area contributed by atoms with E-state index in [9.17, 15) is 4.79 Å². The molecule has 4 rings (SSSR count). The van der Waals surface area contributed by atoms with E-state index < -0.39 is 5.97 Å². The summed E-state index contributed by atoms with van der Waals surface area (Å²) in [5.74, 6) is 1.01. The van der Waals surface area contributed by atoms with Crippen molar-refractivity contribution in [2.45, 2.75) is 82.5 Å². The van der Waals surface area contributed by atoms with Crippen molar-refractivity contribution in [2.75, 3.05) is 0 Å². The molecule has 0 spiro atoms. The smallest absolute Gasteiger partial charge is 0.320 e. The maximum absolute atomic E-state index is 10.6. The first-order valence-electron chi connectivity index (χ1n) is 8.38. The molecule has 114 valence electrons. The number of aliphatic carboxylic acids is 1. The van der Waals surface area contributed by atoms with E-state index in [4.69, 9.17) is 5.11 Å². The number of carboxylic acid groups (broad SMARTS) is 1. The standard InChI is InChI=1S/C8H13NO2.C8H15N/c10-8(11)7-4-5-2-1-3-6(5)9-7;1-6-5-7-3-2-4-8(7)9-6/h5-7,9H,1-4H2,(H,10,11);6-9H,2-5H2,1H3/t5-,6-,7-;6-,7+,8+/m00/s1. The summed E-state index contributed by atoms with van der Waals surface area (Å²) in [5.41, 5.74) is 0. The fraction of sp³-hybridized carbons (Fsp3) is 0.938. The SMILES string of the molecule is C[C@H]1C[C@H]2CCC[C@H]2N1.O=C(O)[C@@H]1C[C@@H]2CCC[C@@H]2N1. The Morgan fingerprint density at radius 2 is 1.55 bits per heavy atom. The average molecular weight is 280 g/mol. The number of nitrogens with one attached hydrogen (secondary N) is 2. The van der Waals surface area contributed by atoms with E-state index >= 15 is 0 Å². The molecule has 4 fully saturated rings. The second-order valence-electron chi connectivity index (χ2n) is 7.19. The van der Waals surface area contributed by atoms with E-state index in [1.54, 1.807) is 0 Å². The van der Waals surface area contributed by atoms with Gasteiger partial charge in [0, 0.05) is 18.1 Å². The summed E-state index contributed by atoms with van der Waals surface area (Å²) in [7, 11) is 0. The Labute approximate surface area is 121 Å². The molecule has 0 aromatic carbocycles. The predicted octanol–water partition coefficient (Wildman–Crippen LogP) is 2.14. The monoisotopic (exact) mass is 280 g/mol. The Morgan fingerprint density at radius 1 is 0.950 bits per heavy atom. The second-order valence-corrected chi connectivity index (χ2v) is 7.19. The Morgan fingerprint density at radius 3 is 2.10 bits per heavy atom. The second kappa shape index (κ2) is 6.02. The van der Waals surface area contributed by atoms with Gasteiger partial charge in [-0.1, -0.05) is 12.8 Å².